The van der Waals surface area contributed by atoms with E-state index in [0.29, 0.717) is 19.6 Å². The molecule has 4 aliphatic rings. The van der Waals surface area contributed by atoms with Crippen LogP contribution in [0.15, 0.2) is 24.3 Å². The second-order valence-electron chi connectivity index (χ2n) is 6.96. The zero-order valence-electron chi connectivity index (χ0n) is 13.9. The van der Waals surface area contributed by atoms with Gasteiger partial charge >= 0.3 is 0 Å². The molecule has 25 heavy (non-hydrogen) atoms. The SMILES string of the molecule is CN1Cc2c(ccc3c2OCO3)C=C2c3cc4c(cc3CC21)OCO4. The predicted octanol–water partition coefficient (Wildman–Crippen LogP) is 3.05. The van der Waals surface area contributed by atoms with Crippen molar-refractivity contribution in [3.05, 3.63) is 46.5 Å². The van der Waals surface area contributed by atoms with Crippen LogP contribution in [0.2, 0.25) is 0 Å². The Morgan fingerprint density at radius 1 is 0.960 bits per heavy atom. The van der Waals surface area contributed by atoms with Crippen molar-refractivity contribution in [1.29, 1.82) is 0 Å². The Hall–Kier alpha value is -2.66. The smallest absolute Gasteiger partial charge is 0.231 e. The molecule has 0 radical (unpaired) electrons. The molecule has 2 aromatic carbocycles. The van der Waals surface area contributed by atoms with E-state index in [0.717, 1.165) is 36.0 Å². The Kier molecular flexibility index (Phi) is 2.56. The van der Waals surface area contributed by atoms with Gasteiger partial charge in [0.2, 0.25) is 13.6 Å². The number of nitrogens with zero attached hydrogens (tertiary/aromatic N) is 1. The lowest BCUT2D eigenvalue weighted by atomic mass is 10.0. The molecule has 1 atom stereocenters. The van der Waals surface area contributed by atoms with Gasteiger partial charge in [0.1, 0.15) is 0 Å². The third-order valence-electron chi connectivity index (χ3n) is 5.61. The van der Waals surface area contributed by atoms with Crippen LogP contribution in [0.3, 0.4) is 0 Å². The number of ether oxygens (including phenoxy) is 4. The summed E-state index contributed by atoms with van der Waals surface area (Å²) in [6.45, 7) is 1.46. The zero-order valence-corrected chi connectivity index (χ0v) is 13.9. The molecule has 5 nitrogen and oxygen atoms in total. The second-order valence-corrected chi connectivity index (χ2v) is 6.96. The van der Waals surface area contributed by atoms with Crippen molar-refractivity contribution in [2.45, 2.75) is 19.0 Å². The van der Waals surface area contributed by atoms with Crippen LogP contribution in [0, 0.1) is 0 Å². The van der Waals surface area contributed by atoms with Crippen molar-refractivity contribution in [3.8, 4) is 23.0 Å². The molecule has 0 aromatic heterocycles. The lowest BCUT2D eigenvalue weighted by Gasteiger charge is -2.24. The van der Waals surface area contributed by atoms with Crippen LogP contribution in [0.5, 0.6) is 23.0 Å². The van der Waals surface area contributed by atoms with Crippen molar-refractivity contribution in [2.75, 3.05) is 20.6 Å². The van der Waals surface area contributed by atoms with Crippen LogP contribution >= 0.6 is 0 Å². The molecule has 0 bridgehead atoms. The molecule has 1 aliphatic carbocycles. The highest BCUT2D eigenvalue weighted by Gasteiger charge is 2.35. The Balaban J connectivity index is 1.55. The highest BCUT2D eigenvalue weighted by molar-refractivity contribution is 5.91. The zero-order chi connectivity index (χ0) is 16.5. The Bertz CT molecular complexity index is 949. The summed E-state index contributed by atoms with van der Waals surface area (Å²) in [5.41, 5.74) is 6.36. The first-order valence-corrected chi connectivity index (χ1v) is 8.54. The highest BCUT2D eigenvalue weighted by atomic mass is 16.7. The van der Waals surface area contributed by atoms with Crippen LogP contribution in [-0.4, -0.2) is 31.6 Å². The minimum Gasteiger partial charge on any atom is -0.454 e. The molecule has 3 heterocycles. The molecule has 0 saturated heterocycles. The molecule has 0 spiro atoms. The Morgan fingerprint density at radius 3 is 2.68 bits per heavy atom. The summed E-state index contributed by atoms with van der Waals surface area (Å²) in [6.07, 6.45) is 3.29. The van der Waals surface area contributed by atoms with E-state index in [1.807, 2.05) is 6.07 Å². The van der Waals surface area contributed by atoms with Crippen molar-refractivity contribution < 1.29 is 18.9 Å². The summed E-state index contributed by atoms with van der Waals surface area (Å²) in [5.74, 6) is 3.45. The summed E-state index contributed by atoms with van der Waals surface area (Å²) in [4.78, 5) is 2.40. The lowest BCUT2D eigenvalue weighted by Crippen LogP contribution is -2.30. The molecule has 0 amide bonds. The molecule has 3 aliphatic heterocycles. The van der Waals surface area contributed by atoms with E-state index in [9.17, 15) is 0 Å². The molecule has 0 N–H and O–H groups in total. The third-order valence-corrected chi connectivity index (χ3v) is 5.61. The van der Waals surface area contributed by atoms with Gasteiger partial charge in [0.15, 0.2) is 23.0 Å². The minimum absolute atomic E-state index is 0.307. The van der Waals surface area contributed by atoms with E-state index >= 15 is 0 Å². The Labute approximate surface area is 145 Å². The van der Waals surface area contributed by atoms with Crippen molar-refractivity contribution >= 4 is 11.6 Å². The number of hydrogen-bond acceptors (Lipinski definition) is 5. The van der Waals surface area contributed by atoms with Gasteiger partial charge in [-0.15, -0.1) is 0 Å². The van der Waals surface area contributed by atoms with Crippen molar-refractivity contribution in [3.63, 3.8) is 0 Å². The van der Waals surface area contributed by atoms with E-state index in [4.69, 9.17) is 18.9 Å². The molecule has 126 valence electrons. The van der Waals surface area contributed by atoms with Gasteiger partial charge in [0, 0.05) is 18.2 Å². The van der Waals surface area contributed by atoms with Crippen molar-refractivity contribution in [1.82, 2.24) is 4.90 Å². The molecule has 5 heteroatoms. The van der Waals surface area contributed by atoms with Gasteiger partial charge in [-0.25, -0.2) is 0 Å². The fourth-order valence-electron chi connectivity index (χ4n) is 4.36. The standard InChI is InChI=1S/C20H17NO4/c1-21-8-15-11(2-3-17-20(15)25-10-22-17)4-14-13-7-19-18(23-9-24-19)6-12(13)5-16(14)21/h2-4,6-7,16H,5,8-10H2,1H3. The predicted molar refractivity (Wildman–Crippen MR) is 92.0 cm³/mol. The number of benzene rings is 2. The van der Waals surface area contributed by atoms with Crippen molar-refractivity contribution in [2.24, 2.45) is 0 Å². The van der Waals surface area contributed by atoms with Crippen LogP contribution < -0.4 is 18.9 Å². The Morgan fingerprint density at radius 2 is 1.76 bits per heavy atom. The summed E-state index contributed by atoms with van der Waals surface area (Å²) < 4.78 is 22.4. The summed E-state index contributed by atoms with van der Waals surface area (Å²) in [5, 5.41) is 0. The molecular weight excluding hydrogens is 318 g/mol. The van der Waals surface area contributed by atoms with Gasteiger partial charge in [0.25, 0.3) is 0 Å². The average molecular weight is 335 g/mol. The number of hydrogen-bond donors (Lipinski definition) is 0. The van der Waals surface area contributed by atoms with Gasteiger partial charge in [0.05, 0.1) is 0 Å². The summed E-state index contributed by atoms with van der Waals surface area (Å²) >= 11 is 0. The normalized spacial score (nSPS) is 22.1. The van der Waals surface area contributed by atoms with Gasteiger partial charge in [-0.1, -0.05) is 6.07 Å². The topological polar surface area (TPSA) is 40.2 Å². The molecule has 6 rings (SSSR count). The average Bonchev–Trinajstić information content (AvgIpc) is 3.31. The van der Waals surface area contributed by atoms with Crippen LogP contribution in [0.1, 0.15) is 22.3 Å². The second kappa shape index (κ2) is 4.70. The maximum atomic E-state index is 5.74. The van der Waals surface area contributed by atoms with Gasteiger partial charge in [-0.3, -0.25) is 4.90 Å². The van der Waals surface area contributed by atoms with E-state index in [-0.39, 0.29) is 0 Å². The quantitative estimate of drug-likeness (QED) is 0.740. The van der Waals surface area contributed by atoms with Gasteiger partial charge in [-0.2, -0.15) is 0 Å². The van der Waals surface area contributed by atoms with Gasteiger partial charge in [-0.05, 0) is 60.0 Å². The van der Waals surface area contributed by atoms with Crippen LogP contribution in [0.4, 0.5) is 0 Å². The minimum atomic E-state index is 0.307. The highest BCUT2D eigenvalue weighted by Crippen LogP contribution is 2.47. The fraction of sp³-hybridized carbons (Fsp3) is 0.300. The molecule has 1 unspecified atom stereocenters. The first-order chi connectivity index (χ1) is 12.3. The molecular formula is C20H17NO4. The first-order valence-electron chi connectivity index (χ1n) is 8.54. The van der Waals surface area contributed by atoms with Crippen LogP contribution in [-0.2, 0) is 13.0 Å². The summed E-state index contributed by atoms with van der Waals surface area (Å²) in [6, 6.07) is 8.77. The third kappa shape index (κ3) is 1.81. The largest absolute Gasteiger partial charge is 0.454 e. The molecule has 0 fully saturated rings. The number of rotatable bonds is 0. The summed E-state index contributed by atoms with van der Waals surface area (Å²) in [7, 11) is 2.18. The van der Waals surface area contributed by atoms with Crippen LogP contribution in [0.25, 0.3) is 11.6 Å². The first kappa shape index (κ1) is 13.6. The molecule has 2 aromatic rings. The number of likely N-dealkylation sites (N-methyl/N-ethyl adjacent to an activating group) is 1. The monoisotopic (exact) mass is 335 g/mol. The fourth-order valence-corrected chi connectivity index (χ4v) is 4.36. The van der Waals surface area contributed by atoms with E-state index in [1.165, 1.54) is 27.8 Å². The van der Waals surface area contributed by atoms with E-state index in [2.05, 4.69) is 36.2 Å². The van der Waals surface area contributed by atoms with Gasteiger partial charge < -0.3 is 18.9 Å². The number of fused-ring (bicyclic) bond motifs is 7. The maximum Gasteiger partial charge on any atom is 0.231 e. The van der Waals surface area contributed by atoms with E-state index in [1.54, 1.807) is 0 Å². The maximum absolute atomic E-state index is 5.74. The molecule has 0 saturated carbocycles. The van der Waals surface area contributed by atoms with E-state index < -0.39 is 0 Å². The lowest BCUT2D eigenvalue weighted by molar-refractivity contribution is 0.172.